The van der Waals surface area contributed by atoms with Gasteiger partial charge in [-0.15, -0.1) is 0 Å². The molecule has 0 aliphatic carbocycles. The van der Waals surface area contributed by atoms with Crippen molar-refractivity contribution in [1.82, 2.24) is 0 Å². The Labute approximate surface area is 205 Å². The molecule has 0 aliphatic heterocycles. The Balaban J connectivity index is 2.14. The van der Waals surface area contributed by atoms with Crippen molar-refractivity contribution >= 4 is 43.0 Å². The van der Waals surface area contributed by atoms with E-state index in [9.17, 15) is 4.79 Å². The number of halogens is 1. The van der Waals surface area contributed by atoms with Gasteiger partial charge in [-0.2, -0.15) is 0 Å². The Morgan fingerprint density at radius 1 is 0.697 bits per heavy atom. The molecular weight excluding hydrogens is 487 g/mol. The second-order valence-electron chi connectivity index (χ2n) is 8.15. The summed E-state index contributed by atoms with van der Waals surface area (Å²) in [5.41, 5.74) is 2.31. The molecule has 0 unspecified atom stereocenters. The average Bonchev–Trinajstić information content (AvgIpc) is 2.87. The van der Waals surface area contributed by atoms with Gasteiger partial charge >= 0.3 is 206 Å². The predicted octanol–water partition coefficient (Wildman–Crippen LogP) is 7.03. The Morgan fingerprint density at radius 2 is 1.12 bits per heavy atom. The molecule has 0 aromatic heterocycles. The molecule has 0 heterocycles. The molecule has 0 spiro atoms. The fourth-order valence-corrected chi connectivity index (χ4v) is 12.3. The van der Waals surface area contributed by atoms with Crippen LogP contribution in [0, 0.1) is 0 Å². The number of rotatable bonds is 9. The van der Waals surface area contributed by atoms with Crippen LogP contribution in [0.25, 0.3) is 0 Å². The van der Waals surface area contributed by atoms with E-state index in [1.807, 2.05) is 19.1 Å². The van der Waals surface area contributed by atoms with Gasteiger partial charge in [-0.05, 0) is 0 Å². The molecular formula is C30H30BrOP. The van der Waals surface area contributed by atoms with Crippen molar-refractivity contribution in [1.29, 1.82) is 0 Å². The van der Waals surface area contributed by atoms with Gasteiger partial charge in [-0.3, -0.25) is 0 Å². The molecule has 3 rings (SSSR count). The molecule has 1 nitrogen and oxygen atoms in total. The molecule has 0 amide bonds. The molecule has 0 radical (unpaired) electrons. The van der Waals surface area contributed by atoms with Crippen LogP contribution in [-0.4, -0.2) is 12.4 Å². The van der Waals surface area contributed by atoms with Crippen LogP contribution in [0.3, 0.4) is 0 Å². The molecule has 0 saturated heterocycles. The second kappa shape index (κ2) is 11.4. The summed E-state index contributed by atoms with van der Waals surface area (Å²) in [4.78, 5) is 10.5. The summed E-state index contributed by atoms with van der Waals surface area (Å²) in [7, 11) is 0. The fourth-order valence-electron chi connectivity index (χ4n) is 4.13. The van der Waals surface area contributed by atoms with Gasteiger partial charge in [0.2, 0.25) is 0 Å². The van der Waals surface area contributed by atoms with E-state index in [1.165, 1.54) is 27.6 Å². The monoisotopic (exact) mass is 516 g/mol. The standard InChI is InChI=1S/C30H30BrOP/c1-26(17-14-24-32)15-12-13-16-27(2)25-33(31,28-18-6-3-7-19-28,29-20-8-4-9-21-29)30-22-10-5-11-23-30/h3-24H,25H2,1-2H3/b13-12+,17-14+,26-15+,27-16+. The number of carbonyl (C=O) groups is 1. The van der Waals surface area contributed by atoms with Crippen LogP contribution >= 0.6 is 20.8 Å². The van der Waals surface area contributed by atoms with Crippen molar-refractivity contribution in [3.05, 3.63) is 139 Å². The maximum absolute atomic E-state index is 10.5. The first-order valence-electron chi connectivity index (χ1n) is 11.0. The Morgan fingerprint density at radius 3 is 1.55 bits per heavy atom. The first-order chi connectivity index (χ1) is 16.0. The minimum atomic E-state index is -2.96. The van der Waals surface area contributed by atoms with Crippen molar-refractivity contribution in [3.8, 4) is 0 Å². The van der Waals surface area contributed by atoms with E-state index in [2.05, 4.69) is 126 Å². The number of benzene rings is 3. The van der Waals surface area contributed by atoms with E-state index >= 15 is 0 Å². The van der Waals surface area contributed by atoms with Gasteiger partial charge in [-0.25, -0.2) is 0 Å². The van der Waals surface area contributed by atoms with Crippen molar-refractivity contribution < 1.29 is 4.79 Å². The van der Waals surface area contributed by atoms with Gasteiger partial charge in [0.05, 0.1) is 0 Å². The maximum atomic E-state index is 10.5. The van der Waals surface area contributed by atoms with E-state index in [1.54, 1.807) is 6.08 Å². The van der Waals surface area contributed by atoms with E-state index in [-0.39, 0.29) is 0 Å². The van der Waals surface area contributed by atoms with Crippen LogP contribution in [0.4, 0.5) is 0 Å². The minimum absolute atomic E-state index is 0.793. The normalized spacial score (nSPS) is 14.3. The van der Waals surface area contributed by atoms with Gasteiger partial charge in [0.25, 0.3) is 0 Å². The van der Waals surface area contributed by atoms with Crippen molar-refractivity contribution in [3.63, 3.8) is 0 Å². The summed E-state index contributed by atoms with van der Waals surface area (Å²) in [6.07, 6.45) is 13.3. The second-order valence-corrected chi connectivity index (χ2v) is 17.1. The van der Waals surface area contributed by atoms with Crippen LogP contribution < -0.4 is 15.9 Å². The summed E-state index contributed by atoms with van der Waals surface area (Å²) < 4.78 is 0. The quantitative estimate of drug-likeness (QED) is 0.129. The van der Waals surface area contributed by atoms with Gasteiger partial charge in [0.15, 0.2) is 0 Å². The first kappa shape index (κ1) is 24.8. The molecule has 0 fully saturated rings. The Bertz CT molecular complexity index is 1080. The topological polar surface area (TPSA) is 17.1 Å². The molecule has 0 atom stereocenters. The summed E-state index contributed by atoms with van der Waals surface area (Å²) in [5.74, 6) is 0. The average molecular weight is 517 g/mol. The molecule has 0 bridgehead atoms. The summed E-state index contributed by atoms with van der Waals surface area (Å²) in [6, 6.07) is 32.5. The van der Waals surface area contributed by atoms with Gasteiger partial charge in [0, 0.05) is 0 Å². The number of carbonyl (C=O) groups excluding carboxylic acids is 1. The SMILES string of the molecule is CC(/C=C/C=O)=C\C=C\C=C(/C)CP(Br)(c1ccccc1)(c1ccccc1)c1ccccc1. The third kappa shape index (κ3) is 5.58. The zero-order valence-corrected chi connectivity index (χ0v) is 21.6. The van der Waals surface area contributed by atoms with E-state index in [4.69, 9.17) is 0 Å². The van der Waals surface area contributed by atoms with E-state index < -0.39 is 5.31 Å². The van der Waals surface area contributed by atoms with Gasteiger partial charge in [-0.1, -0.05) is 0 Å². The molecule has 168 valence electrons. The zero-order chi connectivity index (χ0) is 23.6. The summed E-state index contributed by atoms with van der Waals surface area (Å²) >= 11 is 4.49. The Kier molecular flexibility index (Phi) is 8.55. The number of allylic oxidation sites excluding steroid dienone is 8. The molecule has 0 saturated carbocycles. The van der Waals surface area contributed by atoms with Gasteiger partial charge in [0.1, 0.15) is 0 Å². The summed E-state index contributed by atoms with van der Waals surface area (Å²) in [5, 5.41) is 0.979. The van der Waals surface area contributed by atoms with Crippen molar-refractivity contribution in [2.45, 2.75) is 13.8 Å². The molecule has 33 heavy (non-hydrogen) atoms. The fraction of sp³-hybridized carbons (Fsp3) is 0.100. The number of hydrogen-bond donors (Lipinski definition) is 0. The molecule has 3 aromatic carbocycles. The van der Waals surface area contributed by atoms with Crippen LogP contribution in [0.15, 0.2) is 139 Å². The third-order valence-electron chi connectivity index (χ3n) is 5.72. The number of aldehydes is 1. The molecule has 3 heteroatoms. The Hall–Kier alpha value is -2.80. The summed E-state index contributed by atoms with van der Waals surface area (Å²) in [6.45, 7) is 4.18. The van der Waals surface area contributed by atoms with E-state index in [0.717, 1.165) is 18.0 Å². The number of hydrogen-bond acceptors (Lipinski definition) is 1. The first-order valence-corrected chi connectivity index (χ1v) is 15.5. The third-order valence-corrected chi connectivity index (χ3v) is 15.4. The zero-order valence-electron chi connectivity index (χ0n) is 19.1. The van der Waals surface area contributed by atoms with Crippen LogP contribution in [-0.2, 0) is 4.79 Å². The van der Waals surface area contributed by atoms with E-state index in [0.29, 0.717) is 0 Å². The van der Waals surface area contributed by atoms with Crippen LogP contribution in [0.5, 0.6) is 0 Å². The molecule has 3 aromatic rings. The van der Waals surface area contributed by atoms with Crippen molar-refractivity contribution in [2.75, 3.05) is 6.16 Å². The predicted molar refractivity (Wildman–Crippen MR) is 151 cm³/mol. The molecule has 0 aliphatic rings. The van der Waals surface area contributed by atoms with Crippen LogP contribution in [0.1, 0.15) is 13.8 Å². The van der Waals surface area contributed by atoms with Gasteiger partial charge < -0.3 is 0 Å². The molecule has 0 N–H and O–H groups in total. The van der Waals surface area contributed by atoms with Crippen molar-refractivity contribution in [2.24, 2.45) is 0 Å². The van der Waals surface area contributed by atoms with Crippen LogP contribution in [0.2, 0.25) is 0 Å².